The van der Waals surface area contributed by atoms with Crippen LogP contribution >= 0.6 is 11.8 Å². The monoisotopic (exact) mass is 256 g/mol. The van der Waals surface area contributed by atoms with Crippen molar-refractivity contribution in [2.24, 2.45) is 11.7 Å². The summed E-state index contributed by atoms with van der Waals surface area (Å²) in [4.78, 5) is 12.2. The van der Waals surface area contributed by atoms with Crippen LogP contribution in [0.15, 0.2) is 0 Å². The minimum Gasteiger partial charge on any atom is -0.354 e. The van der Waals surface area contributed by atoms with E-state index >= 15 is 0 Å². The molecule has 2 atom stereocenters. The molecule has 2 aliphatic carbocycles. The molecule has 1 amide bonds. The van der Waals surface area contributed by atoms with Crippen molar-refractivity contribution < 1.29 is 4.79 Å². The highest BCUT2D eigenvalue weighted by Gasteiger charge is 2.42. The summed E-state index contributed by atoms with van der Waals surface area (Å²) in [5, 5.41) is 3.12. The normalized spacial score (nSPS) is 31.6. The maximum atomic E-state index is 12.2. The molecule has 2 rings (SSSR count). The average molecular weight is 256 g/mol. The number of hydrogen-bond acceptors (Lipinski definition) is 3. The maximum Gasteiger partial charge on any atom is 0.224 e. The summed E-state index contributed by atoms with van der Waals surface area (Å²) in [5.41, 5.74) is 6.10. The summed E-state index contributed by atoms with van der Waals surface area (Å²) < 4.78 is 0.352. The van der Waals surface area contributed by atoms with Crippen LogP contribution < -0.4 is 11.1 Å². The van der Waals surface area contributed by atoms with Crippen LogP contribution in [0.5, 0.6) is 0 Å². The summed E-state index contributed by atoms with van der Waals surface area (Å²) in [5.74, 6) is 0.245. The van der Waals surface area contributed by atoms with Gasteiger partial charge in [-0.3, -0.25) is 4.79 Å². The lowest BCUT2D eigenvalue weighted by atomic mass is 9.94. The van der Waals surface area contributed by atoms with Gasteiger partial charge in [-0.1, -0.05) is 19.3 Å². The minimum atomic E-state index is 0.0511. The zero-order chi connectivity index (χ0) is 12.3. The van der Waals surface area contributed by atoms with Crippen LogP contribution in [0, 0.1) is 5.92 Å². The van der Waals surface area contributed by atoms with Gasteiger partial charge in [-0.2, -0.15) is 11.8 Å². The van der Waals surface area contributed by atoms with Crippen LogP contribution in [-0.2, 0) is 4.79 Å². The third-order valence-electron chi connectivity index (χ3n) is 4.23. The fraction of sp³-hybridized carbons (Fsp3) is 0.923. The number of hydrogen-bond donors (Lipinski definition) is 2. The first-order valence-corrected chi connectivity index (χ1v) is 7.98. The molecule has 0 aliphatic heterocycles. The van der Waals surface area contributed by atoms with Gasteiger partial charge in [0.05, 0.1) is 5.92 Å². The number of thioether (sulfide) groups is 1. The predicted molar refractivity (Wildman–Crippen MR) is 73.0 cm³/mol. The van der Waals surface area contributed by atoms with E-state index in [9.17, 15) is 4.79 Å². The van der Waals surface area contributed by atoms with Crippen molar-refractivity contribution in [2.45, 2.75) is 55.7 Å². The minimum absolute atomic E-state index is 0.0511. The molecule has 0 aromatic rings. The van der Waals surface area contributed by atoms with Gasteiger partial charge in [-0.25, -0.2) is 0 Å². The molecule has 2 aliphatic rings. The molecule has 0 spiro atoms. The van der Waals surface area contributed by atoms with E-state index in [4.69, 9.17) is 5.73 Å². The Balaban J connectivity index is 1.81. The number of nitrogens with one attached hydrogen (secondary N) is 1. The first-order valence-electron chi connectivity index (χ1n) is 6.75. The van der Waals surface area contributed by atoms with Crippen LogP contribution in [0.3, 0.4) is 0 Å². The average Bonchev–Trinajstić information content (AvgIpc) is 3.12. The van der Waals surface area contributed by atoms with Crippen LogP contribution in [0.2, 0.25) is 0 Å². The Morgan fingerprint density at radius 1 is 1.35 bits per heavy atom. The molecule has 4 heteroatoms. The molecule has 98 valence electrons. The second-order valence-electron chi connectivity index (χ2n) is 5.51. The molecule has 3 nitrogen and oxygen atoms in total. The van der Waals surface area contributed by atoms with Gasteiger partial charge in [0.25, 0.3) is 0 Å². The lowest BCUT2D eigenvalue weighted by Crippen LogP contribution is -2.43. The van der Waals surface area contributed by atoms with Crippen molar-refractivity contribution in [1.29, 1.82) is 0 Å². The molecule has 0 aromatic heterocycles. The Morgan fingerprint density at radius 3 is 2.71 bits per heavy atom. The fourth-order valence-electron chi connectivity index (χ4n) is 2.63. The van der Waals surface area contributed by atoms with Crippen molar-refractivity contribution >= 4 is 17.7 Å². The van der Waals surface area contributed by atoms with E-state index in [0.29, 0.717) is 4.75 Å². The highest BCUT2D eigenvalue weighted by atomic mass is 32.2. The Labute approximate surface area is 108 Å². The molecule has 2 saturated carbocycles. The van der Waals surface area contributed by atoms with E-state index in [-0.39, 0.29) is 17.9 Å². The van der Waals surface area contributed by atoms with Gasteiger partial charge >= 0.3 is 0 Å². The quantitative estimate of drug-likeness (QED) is 0.755. The van der Waals surface area contributed by atoms with E-state index < -0.39 is 0 Å². The SMILES string of the molecule is CSC1(CNC(=O)C2CCCCCC2N)CC1. The van der Waals surface area contributed by atoms with Gasteiger partial charge in [-0.15, -0.1) is 0 Å². The zero-order valence-electron chi connectivity index (χ0n) is 10.7. The highest BCUT2D eigenvalue weighted by molar-refractivity contribution is 8.00. The standard InChI is InChI=1S/C13H24N2OS/c1-17-13(7-8-13)9-15-12(16)10-5-3-2-4-6-11(10)14/h10-11H,2-9,14H2,1H3,(H,15,16). The van der Waals surface area contributed by atoms with E-state index in [0.717, 1.165) is 25.8 Å². The topological polar surface area (TPSA) is 55.1 Å². The first-order chi connectivity index (χ1) is 8.17. The number of nitrogens with two attached hydrogens (primary N) is 1. The summed E-state index contributed by atoms with van der Waals surface area (Å²) in [6.45, 7) is 0.830. The van der Waals surface area contributed by atoms with Crippen molar-refractivity contribution in [2.75, 3.05) is 12.8 Å². The molecule has 0 bridgehead atoms. The lowest BCUT2D eigenvalue weighted by Gasteiger charge is -2.22. The molecular formula is C13H24N2OS. The number of carbonyl (C=O) groups is 1. The zero-order valence-corrected chi connectivity index (χ0v) is 11.5. The predicted octanol–water partition coefficient (Wildman–Crippen LogP) is 1.91. The van der Waals surface area contributed by atoms with Crippen LogP contribution in [-0.4, -0.2) is 29.5 Å². The van der Waals surface area contributed by atoms with Gasteiger partial charge in [0.2, 0.25) is 5.91 Å². The summed E-state index contributed by atoms with van der Waals surface area (Å²) in [6, 6.07) is 0.0712. The fourth-order valence-corrected chi connectivity index (χ4v) is 3.36. The van der Waals surface area contributed by atoms with Gasteiger partial charge in [0, 0.05) is 17.3 Å². The van der Waals surface area contributed by atoms with E-state index in [1.54, 1.807) is 0 Å². The first kappa shape index (κ1) is 13.2. The smallest absolute Gasteiger partial charge is 0.224 e. The Morgan fingerprint density at radius 2 is 2.06 bits per heavy atom. The van der Waals surface area contributed by atoms with E-state index in [1.165, 1.54) is 25.7 Å². The molecule has 0 saturated heterocycles. The molecule has 17 heavy (non-hydrogen) atoms. The third kappa shape index (κ3) is 3.38. The summed E-state index contributed by atoms with van der Waals surface area (Å²) in [6.07, 6.45) is 10.2. The molecule has 3 N–H and O–H groups in total. The molecule has 0 radical (unpaired) electrons. The third-order valence-corrected chi connectivity index (χ3v) is 5.65. The number of rotatable bonds is 4. The van der Waals surface area contributed by atoms with E-state index in [2.05, 4.69) is 11.6 Å². The highest BCUT2D eigenvalue weighted by Crippen LogP contribution is 2.46. The molecule has 0 aromatic carbocycles. The van der Waals surface area contributed by atoms with Crippen molar-refractivity contribution in [3.63, 3.8) is 0 Å². The number of amides is 1. The van der Waals surface area contributed by atoms with Gasteiger partial charge in [0.15, 0.2) is 0 Å². The lowest BCUT2D eigenvalue weighted by molar-refractivity contribution is -0.125. The van der Waals surface area contributed by atoms with Crippen LogP contribution in [0.25, 0.3) is 0 Å². The molecular weight excluding hydrogens is 232 g/mol. The summed E-state index contributed by atoms with van der Waals surface area (Å²) in [7, 11) is 0. The van der Waals surface area contributed by atoms with Crippen molar-refractivity contribution in [3.8, 4) is 0 Å². The molecule has 2 unspecified atom stereocenters. The van der Waals surface area contributed by atoms with Crippen molar-refractivity contribution in [3.05, 3.63) is 0 Å². The second-order valence-corrected chi connectivity index (χ2v) is 6.79. The molecule has 2 fully saturated rings. The van der Waals surface area contributed by atoms with Crippen LogP contribution in [0.1, 0.15) is 44.9 Å². The van der Waals surface area contributed by atoms with Gasteiger partial charge < -0.3 is 11.1 Å². The maximum absolute atomic E-state index is 12.2. The Kier molecular flexibility index (Phi) is 4.36. The summed E-state index contributed by atoms with van der Waals surface area (Å²) >= 11 is 1.89. The largest absolute Gasteiger partial charge is 0.354 e. The van der Waals surface area contributed by atoms with Gasteiger partial charge in [0.1, 0.15) is 0 Å². The van der Waals surface area contributed by atoms with Crippen LogP contribution in [0.4, 0.5) is 0 Å². The Bertz CT molecular complexity index is 279. The van der Waals surface area contributed by atoms with Gasteiger partial charge in [-0.05, 0) is 31.9 Å². The van der Waals surface area contributed by atoms with Crippen molar-refractivity contribution in [1.82, 2.24) is 5.32 Å². The number of carbonyl (C=O) groups excluding carboxylic acids is 1. The second kappa shape index (κ2) is 5.61. The Hall–Kier alpha value is -0.220. The van der Waals surface area contributed by atoms with E-state index in [1.807, 2.05) is 11.8 Å². The molecule has 0 heterocycles.